The summed E-state index contributed by atoms with van der Waals surface area (Å²) in [5.74, 6) is 4.10. The van der Waals surface area contributed by atoms with E-state index in [-0.39, 0.29) is 5.96 Å². The molecule has 0 spiro atoms. The molecular weight excluding hydrogens is 68.0 g/mol. The van der Waals surface area contributed by atoms with Crippen LogP contribution < -0.4 is 11.6 Å². The molecule has 5 heavy (non-hydrogen) atoms. The second-order valence-corrected chi connectivity index (χ2v) is 0.514. The second kappa shape index (κ2) is 1.40. The highest BCUT2D eigenvalue weighted by molar-refractivity contribution is 5.85. The highest BCUT2D eigenvalue weighted by atomic mass is 15.2. The Morgan fingerprint density at radius 3 is 2.00 bits per heavy atom. The summed E-state index contributed by atoms with van der Waals surface area (Å²) in [5, 5.41) is 2.75. The number of nitrogens with one attached hydrogen (secondary N) is 1. The molecule has 0 aliphatic heterocycles. The van der Waals surface area contributed by atoms with Crippen molar-refractivity contribution in [3.05, 3.63) is 5.73 Å². The fraction of sp³-hybridized carbons (Fsp3) is 0. The van der Waals surface area contributed by atoms with Gasteiger partial charge in [-0.1, -0.05) is 0 Å². The van der Waals surface area contributed by atoms with Gasteiger partial charge < -0.3 is 22.4 Å². The van der Waals surface area contributed by atoms with Crippen LogP contribution in [0.1, 0.15) is 0 Å². The zero-order valence-corrected chi connectivity index (χ0v) is 2.60. The maximum absolute atomic E-state index is 6.23. The van der Waals surface area contributed by atoms with E-state index in [0.29, 0.717) is 0 Å². The molecule has 0 saturated heterocycles. The van der Waals surface area contributed by atoms with Crippen molar-refractivity contribution < 1.29 is 0 Å². The summed E-state index contributed by atoms with van der Waals surface area (Å²) in [5.41, 5.74) is 10.8. The van der Waals surface area contributed by atoms with E-state index >= 15 is 0 Å². The lowest BCUT2D eigenvalue weighted by Crippen LogP contribution is -2.06. The van der Waals surface area contributed by atoms with Crippen molar-refractivity contribution in [3.63, 3.8) is 0 Å². The number of hydrogen-bond acceptors (Lipinski definition) is 2. The van der Waals surface area contributed by atoms with Gasteiger partial charge in [0.25, 0.3) is 0 Å². The highest BCUT2D eigenvalue weighted by Crippen LogP contribution is 1.50. The van der Waals surface area contributed by atoms with Crippen LogP contribution in [0.4, 0.5) is 0 Å². The zero-order valence-electron chi connectivity index (χ0n) is 2.60. The summed E-state index contributed by atoms with van der Waals surface area (Å²) in [6.45, 7) is 0. The van der Waals surface area contributed by atoms with E-state index in [0.717, 1.165) is 0 Å². The van der Waals surface area contributed by atoms with Gasteiger partial charge in [-0.05, 0) is 0 Å². The average Bonchev–Trinajstić information content (AvgIpc) is 1.38. The maximum atomic E-state index is 6.23. The number of nitrogens with zero attached hydrogens (tertiary/aromatic N) is 1. The molecule has 0 aromatic carbocycles. The first-order chi connectivity index (χ1) is 2.27. The lowest BCUT2D eigenvalue weighted by atomic mass is 11.1. The van der Waals surface area contributed by atoms with E-state index < -0.39 is 0 Å². The van der Waals surface area contributed by atoms with Crippen molar-refractivity contribution in [1.82, 2.24) is 0 Å². The van der Waals surface area contributed by atoms with Gasteiger partial charge in [0.2, 0.25) is 0 Å². The molecule has 0 aromatic rings. The molecule has 0 aliphatic rings. The summed E-state index contributed by atoms with van der Waals surface area (Å²) >= 11 is 0. The van der Waals surface area contributed by atoms with Crippen LogP contribution in [0.25, 0.3) is 5.73 Å². The number of hydrogen-bond donors (Lipinski definition) is 2. The molecule has 4 nitrogen and oxygen atoms in total. The molecule has 0 amide bonds. The summed E-state index contributed by atoms with van der Waals surface area (Å²) in [7, 11) is 0. The molecule has 0 bridgehead atoms. The largest absolute Gasteiger partial charge is 0.453 e. The third-order valence-electron chi connectivity index (χ3n) is 0.139. The van der Waals surface area contributed by atoms with Crippen molar-refractivity contribution in [1.29, 1.82) is 0 Å². The van der Waals surface area contributed by atoms with Gasteiger partial charge in [0.1, 0.15) is 0 Å². The Morgan fingerprint density at radius 2 is 2.00 bits per heavy atom. The Hall–Kier alpha value is -0.930. The molecule has 0 atom stereocenters. The van der Waals surface area contributed by atoms with Crippen LogP contribution in [-0.2, 0) is 0 Å². The standard InChI is InChI=1S/CH5N4/c2-1(3)5-4/h4H2,(H3-,2,3,5)/q-1. The molecule has 0 saturated carbocycles. The molecular formula is CH5N4-. The first kappa shape index (κ1) is 4.07. The minimum absolute atomic E-state index is 0.343. The maximum Gasteiger partial charge on any atom is 0.0204 e. The van der Waals surface area contributed by atoms with Crippen LogP contribution in [0.15, 0.2) is 5.10 Å². The van der Waals surface area contributed by atoms with Crippen LogP contribution in [0.2, 0.25) is 0 Å². The van der Waals surface area contributed by atoms with Crippen LogP contribution in [-0.4, -0.2) is 5.96 Å². The highest BCUT2D eigenvalue weighted by Gasteiger charge is 1.47. The fourth-order valence-corrected chi connectivity index (χ4v) is 0. The van der Waals surface area contributed by atoms with Gasteiger partial charge in [0.15, 0.2) is 0 Å². The smallest absolute Gasteiger partial charge is 0.0204 e. The zero-order chi connectivity index (χ0) is 4.28. The first-order valence-corrected chi connectivity index (χ1v) is 1.02. The number of rotatable bonds is 0. The Balaban J connectivity index is 3.14. The molecule has 30 valence electrons. The molecule has 0 rings (SSSR count). The van der Waals surface area contributed by atoms with Gasteiger partial charge in [0.05, 0.1) is 0 Å². The molecule has 5 N–H and O–H groups in total. The second-order valence-electron chi connectivity index (χ2n) is 0.514. The quantitative estimate of drug-likeness (QED) is 0.170. The summed E-state index contributed by atoms with van der Waals surface area (Å²) in [6.07, 6.45) is 0. The van der Waals surface area contributed by atoms with Gasteiger partial charge in [-0.3, -0.25) is 0 Å². The van der Waals surface area contributed by atoms with E-state index in [2.05, 4.69) is 16.7 Å². The van der Waals surface area contributed by atoms with Gasteiger partial charge >= 0.3 is 0 Å². The Labute approximate surface area is 29.6 Å². The molecule has 0 radical (unpaired) electrons. The topological polar surface area (TPSA) is 88.2 Å². The predicted octanol–water partition coefficient (Wildman–Crippen LogP) is -0.773. The summed E-state index contributed by atoms with van der Waals surface area (Å²) in [4.78, 5) is 0. The number of hydrazone groups is 1. The van der Waals surface area contributed by atoms with Crippen LogP contribution in [0.3, 0.4) is 0 Å². The van der Waals surface area contributed by atoms with E-state index in [9.17, 15) is 0 Å². The monoisotopic (exact) mass is 73.1 g/mol. The minimum atomic E-state index is -0.343. The Bertz CT molecular complexity index is 41.6. The van der Waals surface area contributed by atoms with E-state index in [1.165, 1.54) is 0 Å². The Kier molecular flexibility index (Phi) is 1.14. The third kappa shape index (κ3) is 3.07. The summed E-state index contributed by atoms with van der Waals surface area (Å²) in [6, 6.07) is 0. The average molecular weight is 73.1 g/mol. The van der Waals surface area contributed by atoms with Gasteiger partial charge in [-0.2, -0.15) is 0 Å². The molecule has 0 aliphatic carbocycles. The van der Waals surface area contributed by atoms with Crippen molar-refractivity contribution in [3.8, 4) is 0 Å². The SMILES string of the molecule is [NH-]/C(N)=N/N. The lowest BCUT2D eigenvalue weighted by Gasteiger charge is -1.89. The first-order valence-electron chi connectivity index (χ1n) is 1.02. The van der Waals surface area contributed by atoms with E-state index in [4.69, 9.17) is 5.73 Å². The predicted molar refractivity (Wildman–Crippen MR) is 20.1 cm³/mol. The molecule has 0 fully saturated rings. The van der Waals surface area contributed by atoms with Gasteiger partial charge in [-0.15, -0.1) is 0 Å². The molecule has 0 heterocycles. The Morgan fingerprint density at radius 1 is 1.80 bits per heavy atom. The van der Waals surface area contributed by atoms with Crippen molar-refractivity contribution in [2.24, 2.45) is 16.7 Å². The van der Waals surface area contributed by atoms with E-state index in [1.807, 2.05) is 0 Å². The lowest BCUT2D eigenvalue weighted by molar-refractivity contribution is 1.24. The molecule has 0 aromatic heterocycles. The van der Waals surface area contributed by atoms with Crippen molar-refractivity contribution in [2.75, 3.05) is 0 Å². The molecule has 4 heteroatoms. The summed E-state index contributed by atoms with van der Waals surface area (Å²) < 4.78 is 0. The third-order valence-corrected chi connectivity index (χ3v) is 0.139. The van der Waals surface area contributed by atoms with Crippen LogP contribution in [0, 0.1) is 0 Å². The van der Waals surface area contributed by atoms with Crippen molar-refractivity contribution in [2.45, 2.75) is 0 Å². The van der Waals surface area contributed by atoms with Gasteiger partial charge in [0, 0.05) is 5.96 Å². The number of guanidine groups is 1. The number of nitrogens with two attached hydrogens (primary N) is 2. The van der Waals surface area contributed by atoms with Gasteiger partial charge in [-0.25, -0.2) is 0 Å². The molecule has 0 unspecified atom stereocenters. The van der Waals surface area contributed by atoms with E-state index in [1.54, 1.807) is 0 Å². The van der Waals surface area contributed by atoms with Crippen LogP contribution >= 0.6 is 0 Å². The minimum Gasteiger partial charge on any atom is -0.453 e. The fourth-order valence-electron chi connectivity index (χ4n) is 0. The normalized spacial score (nSPS) is 11.6. The van der Waals surface area contributed by atoms with Crippen LogP contribution in [0.5, 0.6) is 0 Å². The van der Waals surface area contributed by atoms with Crippen molar-refractivity contribution >= 4 is 5.96 Å².